The number of allylic oxidation sites excluding steroid dienone is 1. The fraction of sp³-hybridized carbons (Fsp3) is 0.307. The zero-order valence-corrected chi connectivity index (χ0v) is 45.4. The third-order valence-electron chi connectivity index (χ3n) is 15.8. The molecule has 0 amide bonds. The molecule has 0 fully saturated rings. The van der Waals surface area contributed by atoms with Crippen molar-refractivity contribution in [3.8, 4) is 61.4 Å². The van der Waals surface area contributed by atoms with Crippen molar-refractivity contribution in [2.45, 2.75) is 141 Å². The highest BCUT2D eigenvalue weighted by Gasteiger charge is 2.42. The molecule has 0 saturated carbocycles. The van der Waals surface area contributed by atoms with E-state index in [1.165, 1.54) is 186 Å². The van der Waals surface area contributed by atoms with Gasteiger partial charge in [-0.25, -0.2) is 0 Å². The number of rotatable bonds is 26. The molecular formula is C75H92O. The molecule has 1 atom stereocenters. The largest absolute Gasteiger partial charge is 0.494 e. The molecule has 7 aromatic rings. The average molecular weight is 1010 g/mol. The molecule has 0 bridgehead atoms. The van der Waals surface area contributed by atoms with Crippen LogP contribution in [-0.4, -0.2) is 6.61 Å². The van der Waals surface area contributed by atoms with Gasteiger partial charge in [-0.05, 0) is 180 Å². The molecule has 0 heterocycles. The minimum atomic E-state index is -0.433. The minimum absolute atomic E-state index is 0. The van der Waals surface area contributed by atoms with E-state index in [2.05, 4.69) is 225 Å². The van der Waals surface area contributed by atoms with Gasteiger partial charge in [0.2, 0.25) is 0 Å². The van der Waals surface area contributed by atoms with Crippen LogP contribution in [-0.2, 0) is 5.41 Å². The number of fused-ring (bicyclic) bond motifs is 6. The fourth-order valence-corrected chi connectivity index (χ4v) is 11.7. The highest BCUT2D eigenvalue weighted by Crippen LogP contribution is 2.55. The van der Waals surface area contributed by atoms with Crippen LogP contribution in [0.25, 0.3) is 67.3 Å². The van der Waals surface area contributed by atoms with E-state index in [-0.39, 0.29) is 11.4 Å². The van der Waals surface area contributed by atoms with Crippen molar-refractivity contribution in [3.05, 3.63) is 233 Å². The van der Waals surface area contributed by atoms with Gasteiger partial charge in [-0.2, -0.15) is 0 Å². The van der Waals surface area contributed by atoms with Crippen LogP contribution >= 0.6 is 0 Å². The lowest BCUT2D eigenvalue weighted by Gasteiger charge is -2.29. The molecule has 0 radical (unpaired) electrons. The number of ether oxygens (including phenoxy) is 1. The Morgan fingerprint density at radius 3 is 1.39 bits per heavy atom. The Labute approximate surface area is 467 Å². The van der Waals surface area contributed by atoms with Crippen molar-refractivity contribution in [2.75, 3.05) is 6.61 Å². The summed E-state index contributed by atoms with van der Waals surface area (Å²) in [7, 11) is 0. The number of hydrogen-bond acceptors (Lipinski definition) is 1. The molecule has 0 aliphatic heterocycles. The Morgan fingerprint density at radius 2 is 0.868 bits per heavy atom. The zero-order valence-electron chi connectivity index (χ0n) is 45.4. The molecule has 2 aliphatic carbocycles. The van der Waals surface area contributed by atoms with Crippen molar-refractivity contribution in [1.82, 2.24) is 0 Å². The lowest BCUT2D eigenvalue weighted by atomic mass is 9.73. The molecular weight excluding hydrogens is 917 g/mol. The molecule has 0 saturated heterocycles. The van der Waals surface area contributed by atoms with Gasteiger partial charge in [0.05, 0.1) is 6.61 Å². The predicted octanol–water partition coefficient (Wildman–Crippen LogP) is 23.4. The normalized spacial score (nSPS) is 14.0. The number of unbranched alkanes of at least 4 members (excludes halogenated alkanes) is 16. The molecule has 2 aliphatic rings. The van der Waals surface area contributed by atoms with Gasteiger partial charge in [-0.15, -0.1) is 0 Å². The summed E-state index contributed by atoms with van der Waals surface area (Å²) >= 11 is 0. The standard InChI is InChI=1S/C75H76O.8H2/c1-4-7-10-13-16-17-18-19-20-21-24-33-52-76-65-44-38-58(39-45-65)53-70-71-54-61(59-34-27-25-28-35-59)40-46-66(71)67-47-41-62(55-72(67)70)64-43-49-69-68-48-42-63(60-36-29-26-30-37-60)56-73(68)75(74(69)57-64,50-31-22-14-11-8-5-2)51-32-23-15-12-9-6-3;;;;;;;;/h25-30,34-50,53-57H,2,4,6-7,9-10,12-13,15-21,23-24,32-33,51-52H2,1,3H3;8*1H/b70-53-;;;;;;;;. The quantitative estimate of drug-likeness (QED) is 0.0388. The van der Waals surface area contributed by atoms with Crippen LogP contribution in [0.4, 0.5) is 0 Å². The van der Waals surface area contributed by atoms with Crippen molar-refractivity contribution < 1.29 is 16.1 Å². The van der Waals surface area contributed by atoms with Gasteiger partial charge in [0, 0.05) is 16.8 Å². The van der Waals surface area contributed by atoms with E-state index in [1.54, 1.807) is 0 Å². The zero-order chi connectivity index (χ0) is 52.2. The van der Waals surface area contributed by atoms with Crippen LogP contribution in [0.5, 0.6) is 5.75 Å². The van der Waals surface area contributed by atoms with Gasteiger partial charge in [-0.3, -0.25) is 0 Å². The molecule has 0 aromatic heterocycles. The van der Waals surface area contributed by atoms with Gasteiger partial charge in [0.25, 0.3) is 0 Å². The first-order valence-corrected chi connectivity index (χ1v) is 28.9. The van der Waals surface area contributed by atoms with Crippen molar-refractivity contribution in [2.24, 2.45) is 0 Å². The van der Waals surface area contributed by atoms with Crippen molar-refractivity contribution in [1.29, 1.82) is 0 Å². The molecule has 9 rings (SSSR count). The second-order valence-electron chi connectivity index (χ2n) is 21.1. The maximum absolute atomic E-state index is 6.30. The van der Waals surface area contributed by atoms with E-state index >= 15 is 0 Å². The first kappa shape index (κ1) is 53.3. The third kappa shape index (κ3) is 13.1. The molecule has 76 heavy (non-hydrogen) atoms. The average Bonchev–Trinajstić information content (AvgIpc) is 3.92. The number of benzene rings is 7. The molecule has 1 unspecified atom stereocenters. The second kappa shape index (κ2) is 27.3. The van der Waals surface area contributed by atoms with E-state index in [1.807, 2.05) is 0 Å². The SMILES string of the molecule is C=C=C=C=C=C=C=CC1(CCCCCCCC)c2cc(-c3ccccc3)ccc2-c2ccc(-c3ccc4c(c3)/C(=C\c3ccc(OCCCCCCCCCCCCCC)cc3)c3cc(-c5ccccc5)ccc3-4)cc21.[HH].[HH].[HH].[HH].[HH].[HH].[HH].[HH]. The van der Waals surface area contributed by atoms with Crippen LogP contribution in [0.2, 0.25) is 0 Å². The smallest absolute Gasteiger partial charge is 0.119 e. The molecule has 0 spiro atoms. The maximum Gasteiger partial charge on any atom is 0.119 e. The minimum Gasteiger partial charge on any atom is -0.494 e. The summed E-state index contributed by atoms with van der Waals surface area (Å²) in [6, 6.07) is 58.6. The summed E-state index contributed by atoms with van der Waals surface area (Å²) < 4.78 is 6.30. The van der Waals surface area contributed by atoms with Crippen molar-refractivity contribution >= 4 is 11.6 Å². The Bertz CT molecular complexity index is 3370. The predicted molar refractivity (Wildman–Crippen MR) is 341 cm³/mol. The fourth-order valence-electron chi connectivity index (χ4n) is 11.7. The van der Waals surface area contributed by atoms with E-state index in [0.29, 0.717) is 0 Å². The Hall–Kier alpha value is -7.50. The van der Waals surface area contributed by atoms with Gasteiger partial charge in [0.15, 0.2) is 0 Å². The van der Waals surface area contributed by atoms with Crippen LogP contribution in [0.15, 0.2) is 205 Å². The highest BCUT2D eigenvalue weighted by molar-refractivity contribution is 6.08. The molecule has 1 heteroatoms. The Morgan fingerprint density at radius 1 is 0.421 bits per heavy atom. The highest BCUT2D eigenvalue weighted by atomic mass is 16.5. The molecule has 1 nitrogen and oxygen atoms in total. The Kier molecular flexibility index (Phi) is 19.2. The lowest BCUT2D eigenvalue weighted by Crippen LogP contribution is -2.22. The molecule has 398 valence electrons. The van der Waals surface area contributed by atoms with Crippen LogP contribution in [0.1, 0.15) is 175 Å². The van der Waals surface area contributed by atoms with Crippen LogP contribution < -0.4 is 4.74 Å². The first-order chi connectivity index (χ1) is 37.6. The lowest BCUT2D eigenvalue weighted by molar-refractivity contribution is 0.304. The van der Waals surface area contributed by atoms with E-state index in [0.717, 1.165) is 37.2 Å². The van der Waals surface area contributed by atoms with Crippen molar-refractivity contribution in [3.63, 3.8) is 0 Å². The number of hydrogen-bond donors (Lipinski definition) is 0. The monoisotopic (exact) mass is 1010 g/mol. The molecule has 0 N–H and O–H groups in total. The summed E-state index contributed by atoms with van der Waals surface area (Å²) in [5.41, 5.74) is 37.3. The van der Waals surface area contributed by atoms with Gasteiger partial charge in [-0.1, -0.05) is 256 Å². The van der Waals surface area contributed by atoms with E-state index in [4.69, 9.17) is 4.74 Å². The summed E-state index contributed by atoms with van der Waals surface area (Å²) in [4.78, 5) is 0. The van der Waals surface area contributed by atoms with Gasteiger partial charge in [0.1, 0.15) is 5.75 Å². The third-order valence-corrected chi connectivity index (χ3v) is 15.8. The second-order valence-corrected chi connectivity index (χ2v) is 21.1. The maximum atomic E-state index is 6.30. The van der Waals surface area contributed by atoms with Gasteiger partial charge < -0.3 is 4.74 Å². The van der Waals surface area contributed by atoms with Crippen LogP contribution in [0, 0.1) is 0 Å². The Balaban J connectivity index is 0.00000441. The summed E-state index contributed by atoms with van der Waals surface area (Å²) in [6.45, 7) is 8.97. The first-order valence-electron chi connectivity index (χ1n) is 28.9. The summed E-state index contributed by atoms with van der Waals surface area (Å²) in [5, 5.41) is 0. The van der Waals surface area contributed by atoms with Gasteiger partial charge >= 0.3 is 0 Å². The summed E-state index contributed by atoms with van der Waals surface area (Å²) in [5.74, 6) is 0.938. The van der Waals surface area contributed by atoms with Crippen LogP contribution in [0.3, 0.4) is 0 Å². The molecule has 7 aromatic carbocycles. The van der Waals surface area contributed by atoms with E-state index in [9.17, 15) is 0 Å². The van der Waals surface area contributed by atoms with E-state index < -0.39 is 5.41 Å². The summed E-state index contributed by atoms with van der Waals surface area (Å²) in [6.07, 6.45) is 29.0. The topological polar surface area (TPSA) is 9.23 Å².